The summed E-state index contributed by atoms with van der Waals surface area (Å²) in [6.07, 6.45) is 3.29. The number of halogens is 1. The summed E-state index contributed by atoms with van der Waals surface area (Å²) in [6, 6.07) is 4.14. The Hall–Kier alpha value is -1.81. The number of aryl methyl sites for hydroxylation is 2. The summed E-state index contributed by atoms with van der Waals surface area (Å²) in [5, 5.41) is 0. The molecular weight excluding hydrogens is 217 g/mol. The van der Waals surface area contributed by atoms with E-state index in [9.17, 15) is 4.39 Å². The van der Waals surface area contributed by atoms with Crippen molar-refractivity contribution in [3.8, 4) is 0 Å². The van der Waals surface area contributed by atoms with Crippen LogP contribution in [0.3, 0.4) is 0 Å². The van der Waals surface area contributed by atoms with Crippen LogP contribution in [0.25, 0.3) is 0 Å². The fourth-order valence-corrected chi connectivity index (χ4v) is 1.67. The summed E-state index contributed by atoms with van der Waals surface area (Å²) in [5.74, 6) is -0.291. The van der Waals surface area contributed by atoms with Crippen LogP contribution < -0.4 is 5.73 Å². The van der Waals surface area contributed by atoms with Crippen molar-refractivity contribution in [3.05, 3.63) is 58.9 Å². The summed E-state index contributed by atoms with van der Waals surface area (Å²) >= 11 is 0. The number of aromatic nitrogens is 2. The molecule has 0 amide bonds. The van der Waals surface area contributed by atoms with Gasteiger partial charge in [-0.05, 0) is 37.1 Å². The molecule has 0 spiro atoms. The first-order chi connectivity index (χ1) is 8.08. The smallest absolute Gasteiger partial charge is 0.123 e. The zero-order valence-electron chi connectivity index (χ0n) is 9.81. The molecule has 0 aliphatic carbocycles. The number of rotatable bonds is 2. The van der Waals surface area contributed by atoms with Crippen molar-refractivity contribution >= 4 is 0 Å². The largest absolute Gasteiger partial charge is 0.319 e. The van der Waals surface area contributed by atoms with Crippen LogP contribution in [0.5, 0.6) is 0 Å². The van der Waals surface area contributed by atoms with Crippen molar-refractivity contribution < 1.29 is 4.39 Å². The molecule has 0 fully saturated rings. The maximum absolute atomic E-state index is 13.2. The SMILES string of the molecule is Cc1cnc(C(N)c2cc(F)ccc2C)cn1. The first kappa shape index (κ1) is 11.7. The highest BCUT2D eigenvalue weighted by molar-refractivity contribution is 5.33. The second-order valence-corrected chi connectivity index (χ2v) is 4.06. The Kier molecular flexibility index (Phi) is 3.15. The molecule has 1 heterocycles. The van der Waals surface area contributed by atoms with Crippen LogP contribution in [0.2, 0.25) is 0 Å². The van der Waals surface area contributed by atoms with Gasteiger partial charge in [-0.2, -0.15) is 0 Å². The van der Waals surface area contributed by atoms with E-state index in [2.05, 4.69) is 9.97 Å². The zero-order chi connectivity index (χ0) is 12.4. The molecule has 0 aliphatic heterocycles. The van der Waals surface area contributed by atoms with Gasteiger partial charge in [0.05, 0.1) is 23.6 Å². The fraction of sp³-hybridized carbons (Fsp3) is 0.231. The van der Waals surface area contributed by atoms with E-state index >= 15 is 0 Å². The average Bonchev–Trinajstić information content (AvgIpc) is 2.32. The summed E-state index contributed by atoms with van der Waals surface area (Å²) in [4.78, 5) is 8.36. The van der Waals surface area contributed by atoms with Gasteiger partial charge in [-0.15, -0.1) is 0 Å². The summed E-state index contributed by atoms with van der Waals surface area (Å²) in [7, 11) is 0. The van der Waals surface area contributed by atoms with Gasteiger partial charge in [0.25, 0.3) is 0 Å². The average molecular weight is 231 g/mol. The zero-order valence-corrected chi connectivity index (χ0v) is 9.81. The molecule has 17 heavy (non-hydrogen) atoms. The van der Waals surface area contributed by atoms with E-state index in [1.165, 1.54) is 12.1 Å². The van der Waals surface area contributed by atoms with Crippen LogP contribution in [0.4, 0.5) is 4.39 Å². The van der Waals surface area contributed by atoms with E-state index < -0.39 is 6.04 Å². The lowest BCUT2D eigenvalue weighted by atomic mass is 9.99. The molecule has 0 saturated carbocycles. The van der Waals surface area contributed by atoms with Crippen molar-refractivity contribution in [2.24, 2.45) is 5.73 Å². The molecule has 2 rings (SSSR count). The second-order valence-electron chi connectivity index (χ2n) is 4.06. The number of nitrogens with two attached hydrogens (primary N) is 1. The third-order valence-electron chi connectivity index (χ3n) is 2.70. The molecule has 4 heteroatoms. The lowest BCUT2D eigenvalue weighted by Gasteiger charge is -2.14. The maximum atomic E-state index is 13.2. The van der Waals surface area contributed by atoms with Crippen molar-refractivity contribution in [1.82, 2.24) is 9.97 Å². The molecule has 0 radical (unpaired) electrons. The van der Waals surface area contributed by atoms with Gasteiger partial charge in [-0.1, -0.05) is 6.07 Å². The standard InChI is InChI=1S/C13H14FN3/c1-8-3-4-10(14)5-11(8)13(15)12-7-16-9(2)6-17-12/h3-7,13H,15H2,1-2H3. The van der Waals surface area contributed by atoms with Crippen LogP contribution in [0.1, 0.15) is 28.6 Å². The minimum absolute atomic E-state index is 0.291. The number of nitrogens with zero attached hydrogens (tertiary/aromatic N) is 2. The van der Waals surface area contributed by atoms with Gasteiger partial charge in [0.15, 0.2) is 0 Å². The quantitative estimate of drug-likeness (QED) is 0.862. The van der Waals surface area contributed by atoms with Crippen molar-refractivity contribution in [2.45, 2.75) is 19.9 Å². The Labute approximate surface area is 99.5 Å². The van der Waals surface area contributed by atoms with Crippen LogP contribution >= 0.6 is 0 Å². The topological polar surface area (TPSA) is 51.8 Å². The van der Waals surface area contributed by atoms with E-state index in [0.717, 1.165) is 16.8 Å². The Morgan fingerprint density at radius 3 is 2.59 bits per heavy atom. The van der Waals surface area contributed by atoms with Crippen molar-refractivity contribution in [3.63, 3.8) is 0 Å². The molecule has 0 bridgehead atoms. The molecule has 1 aromatic carbocycles. The molecule has 0 aliphatic rings. The Morgan fingerprint density at radius 2 is 1.94 bits per heavy atom. The maximum Gasteiger partial charge on any atom is 0.123 e. The van der Waals surface area contributed by atoms with Crippen LogP contribution in [-0.4, -0.2) is 9.97 Å². The Morgan fingerprint density at radius 1 is 1.18 bits per heavy atom. The molecular formula is C13H14FN3. The molecule has 1 atom stereocenters. The molecule has 88 valence electrons. The van der Waals surface area contributed by atoms with Gasteiger partial charge in [0.2, 0.25) is 0 Å². The predicted octanol–water partition coefficient (Wildman–Crippen LogP) is 2.28. The highest BCUT2D eigenvalue weighted by Gasteiger charge is 2.13. The van der Waals surface area contributed by atoms with Crippen LogP contribution in [-0.2, 0) is 0 Å². The van der Waals surface area contributed by atoms with Gasteiger partial charge in [0.1, 0.15) is 5.82 Å². The first-order valence-corrected chi connectivity index (χ1v) is 5.38. The Bertz CT molecular complexity index is 523. The van der Waals surface area contributed by atoms with E-state index in [1.54, 1.807) is 18.5 Å². The minimum Gasteiger partial charge on any atom is -0.319 e. The molecule has 0 saturated heterocycles. The van der Waals surface area contributed by atoms with Crippen LogP contribution in [0.15, 0.2) is 30.6 Å². The highest BCUT2D eigenvalue weighted by atomic mass is 19.1. The molecule has 1 aromatic heterocycles. The molecule has 1 unspecified atom stereocenters. The highest BCUT2D eigenvalue weighted by Crippen LogP contribution is 2.21. The van der Waals surface area contributed by atoms with Gasteiger partial charge in [-0.3, -0.25) is 9.97 Å². The van der Waals surface area contributed by atoms with Crippen molar-refractivity contribution in [2.75, 3.05) is 0 Å². The van der Waals surface area contributed by atoms with E-state index in [4.69, 9.17) is 5.73 Å². The van der Waals surface area contributed by atoms with E-state index in [-0.39, 0.29) is 5.82 Å². The first-order valence-electron chi connectivity index (χ1n) is 5.38. The predicted molar refractivity (Wildman–Crippen MR) is 63.9 cm³/mol. The molecule has 3 nitrogen and oxygen atoms in total. The normalized spacial score (nSPS) is 12.5. The second kappa shape index (κ2) is 4.59. The Balaban J connectivity index is 2.39. The summed E-state index contributed by atoms with van der Waals surface area (Å²) in [6.45, 7) is 3.76. The van der Waals surface area contributed by atoms with Crippen LogP contribution in [0, 0.1) is 19.7 Å². The minimum atomic E-state index is -0.446. The molecule has 2 N–H and O–H groups in total. The monoisotopic (exact) mass is 231 g/mol. The lowest BCUT2D eigenvalue weighted by molar-refractivity contribution is 0.622. The molecule has 2 aromatic rings. The third kappa shape index (κ3) is 2.47. The number of hydrogen-bond acceptors (Lipinski definition) is 3. The summed E-state index contributed by atoms with van der Waals surface area (Å²) < 4.78 is 13.2. The lowest BCUT2D eigenvalue weighted by Crippen LogP contribution is -2.15. The third-order valence-corrected chi connectivity index (χ3v) is 2.70. The number of benzene rings is 1. The van der Waals surface area contributed by atoms with Gasteiger partial charge >= 0.3 is 0 Å². The van der Waals surface area contributed by atoms with E-state index in [0.29, 0.717) is 5.69 Å². The summed E-state index contributed by atoms with van der Waals surface area (Å²) in [5.41, 5.74) is 9.22. The van der Waals surface area contributed by atoms with Crippen molar-refractivity contribution in [1.29, 1.82) is 0 Å². The number of hydrogen-bond donors (Lipinski definition) is 1. The van der Waals surface area contributed by atoms with Gasteiger partial charge < -0.3 is 5.73 Å². The van der Waals surface area contributed by atoms with Gasteiger partial charge in [0, 0.05) is 6.20 Å². The fourth-order valence-electron chi connectivity index (χ4n) is 1.67. The van der Waals surface area contributed by atoms with Gasteiger partial charge in [-0.25, -0.2) is 4.39 Å². The van der Waals surface area contributed by atoms with E-state index in [1.807, 2.05) is 13.8 Å².